The average molecular weight is 298 g/mol. The number of halogens is 1. The van der Waals surface area contributed by atoms with Crippen molar-refractivity contribution in [3.63, 3.8) is 0 Å². The van der Waals surface area contributed by atoms with Gasteiger partial charge >= 0.3 is 0 Å². The maximum absolute atomic E-state index is 5.96. The zero-order valence-electron chi connectivity index (χ0n) is 12.0. The van der Waals surface area contributed by atoms with Crippen molar-refractivity contribution in [2.45, 2.75) is 0 Å². The fourth-order valence-corrected chi connectivity index (χ4v) is 2.33. The second kappa shape index (κ2) is 5.66. The Morgan fingerprint density at radius 3 is 2.43 bits per heavy atom. The highest BCUT2D eigenvalue weighted by Gasteiger charge is 2.01. The van der Waals surface area contributed by atoms with Crippen molar-refractivity contribution >= 4 is 40.4 Å². The van der Waals surface area contributed by atoms with Gasteiger partial charge in [-0.25, -0.2) is 0 Å². The number of fused-ring (bicyclic) bond motifs is 1. The summed E-state index contributed by atoms with van der Waals surface area (Å²) in [6.07, 6.45) is 4.01. The predicted octanol–water partition coefficient (Wildman–Crippen LogP) is 5.32. The van der Waals surface area contributed by atoms with Crippen LogP contribution in [0.15, 0.2) is 52.9 Å². The van der Waals surface area contributed by atoms with Crippen LogP contribution in [-0.2, 0) is 0 Å². The van der Waals surface area contributed by atoms with Crippen LogP contribution in [0.4, 0.5) is 5.69 Å². The van der Waals surface area contributed by atoms with Crippen molar-refractivity contribution in [1.29, 1.82) is 0 Å². The minimum Gasteiger partial charge on any atom is -0.457 e. The van der Waals surface area contributed by atoms with Crippen molar-refractivity contribution in [2.75, 3.05) is 19.0 Å². The average Bonchev–Trinajstić information content (AvgIpc) is 2.87. The molecule has 3 aromatic rings. The maximum Gasteiger partial charge on any atom is 0.136 e. The van der Waals surface area contributed by atoms with E-state index in [1.54, 1.807) is 0 Å². The molecule has 2 nitrogen and oxygen atoms in total. The van der Waals surface area contributed by atoms with Gasteiger partial charge in [0.2, 0.25) is 0 Å². The molecule has 3 heteroatoms. The van der Waals surface area contributed by atoms with E-state index in [-0.39, 0.29) is 0 Å². The molecule has 0 amide bonds. The van der Waals surface area contributed by atoms with Gasteiger partial charge in [-0.1, -0.05) is 29.8 Å². The molecule has 0 aliphatic heterocycles. The van der Waals surface area contributed by atoms with Crippen molar-refractivity contribution in [3.05, 3.63) is 64.9 Å². The number of hydrogen-bond donors (Lipinski definition) is 0. The third-order valence-electron chi connectivity index (χ3n) is 3.35. The molecule has 0 N–H and O–H groups in total. The second-order valence-electron chi connectivity index (χ2n) is 5.15. The normalized spacial score (nSPS) is 11.4. The molecule has 1 heterocycles. The molecule has 0 unspecified atom stereocenters. The van der Waals surface area contributed by atoms with Gasteiger partial charge in [0.25, 0.3) is 0 Å². The number of nitrogens with zero attached hydrogens (tertiary/aromatic N) is 1. The van der Waals surface area contributed by atoms with Crippen LogP contribution in [0.25, 0.3) is 23.1 Å². The minimum absolute atomic E-state index is 0.687. The van der Waals surface area contributed by atoms with Gasteiger partial charge in [-0.05, 0) is 42.0 Å². The molecule has 0 fully saturated rings. The maximum atomic E-state index is 5.96. The largest absolute Gasteiger partial charge is 0.457 e. The Hall–Kier alpha value is -2.19. The Morgan fingerprint density at radius 2 is 1.71 bits per heavy atom. The highest BCUT2D eigenvalue weighted by Crippen LogP contribution is 2.24. The van der Waals surface area contributed by atoms with Gasteiger partial charge in [0, 0.05) is 36.3 Å². The Balaban J connectivity index is 1.83. The van der Waals surface area contributed by atoms with Crippen molar-refractivity contribution in [1.82, 2.24) is 0 Å². The summed E-state index contributed by atoms with van der Waals surface area (Å²) in [4.78, 5) is 2.08. The van der Waals surface area contributed by atoms with Crippen LogP contribution in [0, 0.1) is 0 Å². The number of anilines is 1. The third kappa shape index (κ3) is 3.11. The van der Waals surface area contributed by atoms with E-state index >= 15 is 0 Å². The zero-order valence-corrected chi connectivity index (χ0v) is 12.8. The summed E-state index contributed by atoms with van der Waals surface area (Å²) in [6.45, 7) is 0. The Labute approximate surface area is 129 Å². The van der Waals surface area contributed by atoms with Crippen LogP contribution in [0.5, 0.6) is 0 Å². The van der Waals surface area contributed by atoms with Gasteiger partial charge in [0.15, 0.2) is 0 Å². The van der Waals surface area contributed by atoms with Gasteiger partial charge in [-0.15, -0.1) is 0 Å². The quantitative estimate of drug-likeness (QED) is 0.650. The van der Waals surface area contributed by atoms with Crippen LogP contribution in [0.2, 0.25) is 5.02 Å². The molecule has 106 valence electrons. The van der Waals surface area contributed by atoms with Crippen LogP contribution in [0.1, 0.15) is 11.3 Å². The summed E-state index contributed by atoms with van der Waals surface area (Å²) < 4.78 is 5.75. The molecular weight excluding hydrogens is 282 g/mol. The van der Waals surface area contributed by atoms with Crippen molar-refractivity contribution in [3.8, 4) is 0 Å². The lowest BCUT2D eigenvalue weighted by atomic mass is 10.2. The summed E-state index contributed by atoms with van der Waals surface area (Å²) in [7, 11) is 4.06. The third-order valence-corrected chi connectivity index (χ3v) is 3.59. The van der Waals surface area contributed by atoms with Gasteiger partial charge in [-0.2, -0.15) is 0 Å². The molecule has 0 aliphatic carbocycles. The van der Waals surface area contributed by atoms with E-state index in [1.165, 1.54) is 5.69 Å². The summed E-state index contributed by atoms with van der Waals surface area (Å²) in [5, 5.41) is 1.74. The number of benzene rings is 2. The topological polar surface area (TPSA) is 16.4 Å². The smallest absolute Gasteiger partial charge is 0.136 e. The lowest BCUT2D eigenvalue weighted by molar-refractivity contribution is 0.604. The van der Waals surface area contributed by atoms with Gasteiger partial charge in [-0.3, -0.25) is 0 Å². The highest BCUT2D eigenvalue weighted by atomic mass is 35.5. The standard InChI is InChI=1S/C18H16ClNO/c1-20(2)16-8-3-13(4-9-16)5-10-17-11-14-6-7-15(19)12-18(14)21-17/h3-12H,1-2H3/b10-5+. The van der Waals surface area contributed by atoms with Crippen LogP contribution >= 0.6 is 11.6 Å². The molecule has 2 aromatic carbocycles. The Bertz CT molecular complexity index is 785. The van der Waals surface area contributed by atoms with E-state index in [1.807, 2.05) is 50.5 Å². The monoisotopic (exact) mass is 297 g/mol. The van der Waals surface area contributed by atoms with Crippen molar-refractivity contribution < 1.29 is 4.42 Å². The van der Waals surface area contributed by atoms with E-state index in [0.29, 0.717) is 5.02 Å². The van der Waals surface area contributed by atoms with Crippen molar-refractivity contribution in [2.24, 2.45) is 0 Å². The lowest BCUT2D eigenvalue weighted by Gasteiger charge is -2.11. The lowest BCUT2D eigenvalue weighted by Crippen LogP contribution is -2.07. The molecule has 0 saturated heterocycles. The minimum atomic E-state index is 0.687. The number of furan rings is 1. The second-order valence-corrected chi connectivity index (χ2v) is 5.59. The first-order valence-corrected chi connectivity index (χ1v) is 7.14. The van der Waals surface area contributed by atoms with Gasteiger partial charge in [0.05, 0.1) is 0 Å². The molecule has 21 heavy (non-hydrogen) atoms. The van der Waals surface area contributed by atoms with E-state index in [4.69, 9.17) is 16.0 Å². The molecule has 0 radical (unpaired) electrons. The molecule has 0 bridgehead atoms. The molecular formula is C18H16ClNO. The van der Waals surface area contributed by atoms with Gasteiger partial charge in [0.1, 0.15) is 11.3 Å². The molecule has 0 saturated carbocycles. The molecule has 1 aromatic heterocycles. The summed E-state index contributed by atoms with van der Waals surface area (Å²) in [5.74, 6) is 0.823. The fourth-order valence-electron chi connectivity index (χ4n) is 2.17. The molecule has 0 atom stereocenters. The zero-order chi connectivity index (χ0) is 14.8. The van der Waals surface area contributed by atoms with Crippen LogP contribution in [-0.4, -0.2) is 14.1 Å². The molecule has 0 spiro atoms. The van der Waals surface area contributed by atoms with E-state index in [0.717, 1.165) is 22.3 Å². The first-order chi connectivity index (χ1) is 10.1. The Morgan fingerprint density at radius 1 is 0.952 bits per heavy atom. The number of hydrogen-bond acceptors (Lipinski definition) is 2. The summed E-state index contributed by atoms with van der Waals surface area (Å²) in [5.41, 5.74) is 3.13. The first kappa shape index (κ1) is 13.8. The van der Waals surface area contributed by atoms with E-state index in [9.17, 15) is 0 Å². The SMILES string of the molecule is CN(C)c1ccc(/C=C/c2cc3ccc(Cl)cc3o2)cc1. The van der Waals surface area contributed by atoms with Gasteiger partial charge < -0.3 is 9.32 Å². The fraction of sp³-hybridized carbons (Fsp3) is 0.111. The summed E-state index contributed by atoms with van der Waals surface area (Å²) in [6, 6.07) is 16.0. The molecule has 3 rings (SSSR count). The van der Waals surface area contributed by atoms with E-state index < -0.39 is 0 Å². The Kier molecular flexibility index (Phi) is 3.72. The summed E-state index contributed by atoms with van der Waals surface area (Å²) >= 11 is 5.96. The van der Waals surface area contributed by atoms with Crippen LogP contribution in [0.3, 0.4) is 0 Å². The van der Waals surface area contributed by atoms with Crippen LogP contribution < -0.4 is 4.90 Å². The molecule has 0 aliphatic rings. The highest BCUT2D eigenvalue weighted by molar-refractivity contribution is 6.31. The predicted molar refractivity (Wildman–Crippen MR) is 90.9 cm³/mol. The first-order valence-electron chi connectivity index (χ1n) is 6.76. The van der Waals surface area contributed by atoms with E-state index in [2.05, 4.69) is 29.2 Å². The number of rotatable bonds is 3.